The van der Waals surface area contributed by atoms with E-state index in [1.807, 2.05) is 0 Å². The monoisotopic (exact) mass is 280 g/mol. The zero-order chi connectivity index (χ0) is 14.6. The second-order valence-electron chi connectivity index (χ2n) is 7.38. The molecule has 1 atom stereocenters. The van der Waals surface area contributed by atoms with Crippen molar-refractivity contribution in [1.82, 2.24) is 4.90 Å². The molecule has 3 nitrogen and oxygen atoms in total. The van der Waals surface area contributed by atoms with Crippen LogP contribution in [0.1, 0.15) is 65.2 Å². The maximum Gasteiger partial charge on any atom is 0.225 e. The summed E-state index contributed by atoms with van der Waals surface area (Å²) in [5, 5.41) is 0. The highest BCUT2D eigenvalue weighted by Gasteiger charge is 2.37. The first kappa shape index (κ1) is 15.8. The van der Waals surface area contributed by atoms with E-state index in [0.717, 1.165) is 38.3 Å². The van der Waals surface area contributed by atoms with E-state index in [2.05, 4.69) is 18.7 Å². The fourth-order valence-electron chi connectivity index (χ4n) is 3.83. The highest BCUT2D eigenvalue weighted by Crippen LogP contribution is 2.35. The van der Waals surface area contributed by atoms with Gasteiger partial charge in [-0.1, -0.05) is 33.1 Å². The van der Waals surface area contributed by atoms with Gasteiger partial charge in [0.05, 0.1) is 0 Å². The molecule has 2 N–H and O–H groups in total. The van der Waals surface area contributed by atoms with Crippen LogP contribution >= 0.6 is 0 Å². The first-order valence-corrected chi connectivity index (χ1v) is 8.57. The van der Waals surface area contributed by atoms with Crippen LogP contribution in [0, 0.1) is 17.3 Å². The summed E-state index contributed by atoms with van der Waals surface area (Å²) >= 11 is 0. The Hall–Kier alpha value is -0.570. The third-order valence-electron chi connectivity index (χ3n) is 5.52. The topological polar surface area (TPSA) is 46.3 Å². The number of rotatable bonds is 5. The van der Waals surface area contributed by atoms with Gasteiger partial charge in [-0.05, 0) is 50.0 Å². The molecule has 2 rings (SSSR count). The summed E-state index contributed by atoms with van der Waals surface area (Å²) in [6.07, 6.45) is 9.84. The summed E-state index contributed by atoms with van der Waals surface area (Å²) in [5.41, 5.74) is 6.00. The average molecular weight is 280 g/mol. The SMILES string of the molecule is CCCCC1CCC(C(=O)N2CCC(C)(CN)C2)CC1. The maximum absolute atomic E-state index is 12.6. The number of likely N-dealkylation sites (tertiary alicyclic amines) is 1. The van der Waals surface area contributed by atoms with Crippen molar-refractivity contribution in [2.75, 3.05) is 19.6 Å². The Morgan fingerprint density at radius 3 is 2.55 bits per heavy atom. The molecule has 2 aliphatic rings. The number of unbranched alkanes of at least 4 members (excludes halogenated alkanes) is 1. The van der Waals surface area contributed by atoms with E-state index >= 15 is 0 Å². The van der Waals surface area contributed by atoms with Crippen molar-refractivity contribution >= 4 is 5.91 Å². The van der Waals surface area contributed by atoms with Crippen molar-refractivity contribution in [1.29, 1.82) is 0 Å². The standard InChI is InChI=1S/C17H32N2O/c1-3-4-5-14-6-8-15(9-7-14)16(20)19-11-10-17(2,12-18)13-19/h14-15H,3-13,18H2,1-2H3. The highest BCUT2D eigenvalue weighted by molar-refractivity contribution is 5.79. The van der Waals surface area contributed by atoms with Crippen LogP contribution in [-0.2, 0) is 4.79 Å². The van der Waals surface area contributed by atoms with Crippen LogP contribution in [-0.4, -0.2) is 30.4 Å². The molecular weight excluding hydrogens is 248 g/mol. The Kier molecular flexibility index (Phi) is 5.48. The van der Waals surface area contributed by atoms with Crippen molar-refractivity contribution in [2.24, 2.45) is 23.0 Å². The quantitative estimate of drug-likeness (QED) is 0.840. The molecule has 1 aliphatic heterocycles. The molecule has 1 saturated heterocycles. The van der Waals surface area contributed by atoms with Crippen LogP contribution in [0.25, 0.3) is 0 Å². The van der Waals surface area contributed by atoms with Crippen LogP contribution in [0.15, 0.2) is 0 Å². The smallest absolute Gasteiger partial charge is 0.225 e. The third-order valence-corrected chi connectivity index (χ3v) is 5.52. The zero-order valence-electron chi connectivity index (χ0n) is 13.4. The Bertz CT molecular complexity index is 323. The number of hydrogen-bond acceptors (Lipinski definition) is 2. The summed E-state index contributed by atoms with van der Waals surface area (Å²) in [7, 11) is 0. The lowest BCUT2D eigenvalue weighted by molar-refractivity contribution is -0.136. The molecule has 0 radical (unpaired) electrons. The van der Waals surface area contributed by atoms with E-state index in [4.69, 9.17) is 5.73 Å². The third kappa shape index (κ3) is 3.75. The fourth-order valence-corrected chi connectivity index (χ4v) is 3.83. The van der Waals surface area contributed by atoms with Crippen LogP contribution in [0.4, 0.5) is 0 Å². The summed E-state index contributed by atoms with van der Waals surface area (Å²) in [4.78, 5) is 14.7. The largest absolute Gasteiger partial charge is 0.342 e. The van der Waals surface area contributed by atoms with Crippen LogP contribution in [0.5, 0.6) is 0 Å². The van der Waals surface area contributed by atoms with Crippen molar-refractivity contribution in [3.63, 3.8) is 0 Å². The minimum Gasteiger partial charge on any atom is -0.342 e. The first-order chi connectivity index (χ1) is 9.58. The van der Waals surface area contributed by atoms with Gasteiger partial charge in [0.25, 0.3) is 0 Å². The van der Waals surface area contributed by atoms with E-state index in [1.165, 1.54) is 32.1 Å². The van der Waals surface area contributed by atoms with E-state index in [-0.39, 0.29) is 5.41 Å². The van der Waals surface area contributed by atoms with Gasteiger partial charge >= 0.3 is 0 Å². The second kappa shape index (κ2) is 6.93. The number of hydrogen-bond donors (Lipinski definition) is 1. The molecule has 1 saturated carbocycles. The predicted molar refractivity (Wildman–Crippen MR) is 83.3 cm³/mol. The Balaban J connectivity index is 1.78. The molecule has 1 unspecified atom stereocenters. The van der Waals surface area contributed by atoms with Gasteiger partial charge in [-0.3, -0.25) is 4.79 Å². The second-order valence-corrected chi connectivity index (χ2v) is 7.38. The van der Waals surface area contributed by atoms with E-state index < -0.39 is 0 Å². The molecule has 0 aromatic heterocycles. The molecule has 20 heavy (non-hydrogen) atoms. The average Bonchev–Trinajstić information content (AvgIpc) is 2.88. The molecule has 1 amide bonds. The summed E-state index contributed by atoms with van der Waals surface area (Å²) in [5.74, 6) is 1.59. The van der Waals surface area contributed by atoms with Crippen molar-refractivity contribution in [2.45, 2.75) is 65.2 Å². The van der Waals surface area contributed by atoms with Gasteiger partial charge in [0.1, 0.15) is 0 Å². The minimum absolute atomic E-state index is 0.161. The number of carbonyl (C=O) groups excluding carboxylic acids is 1. The van der Waals surface area contributed by atoms with Gasteiger partial charge < -0.3 is 10.6 Å². The van der Waals surface area contributed by atoms with Gasteiger partial charge in [0.2, 0.25) is 5.91 Å². The van der Waals surface area contributed by atoms with E-state index in [1.54, 1.807) is 0 Å². The molecule has 2 fully saturated rings. The predicted octanol–water partition coefficient (Wildman–Crippen LogP) is 3.18. The molecule has 0 spiro atoms. The fraction of sp³-hybridized carbons (Fsp3) is 0.941. The summed E-state index contributed by atoms with van der Waals surface area (Å²) in [6.45, 7) is 6.96. The number of amides is 1. The Labute approximate surface area is 124 Å². The molecule has 0 aromatic rings. The number of nitrogens with two attached hydrogens (primary N) is 1. The Morgan fingerprint density at radius 1 is 1.30 bits per heavy atom. The van der Waals surface area contributed by atoms with Gasteiger partial charge in [-0.2, -0.15) is 0 Å². The van der Waals surface area contributed by atoms with Gasteiger partial charge in [-0.25, -0.2) is 0 Å². The van der Waals surface area contributed by atoms with Crippen molar-refractivity contribution in [3.05, 3.63) is 0 Å². The van der Waals surface area contributed by atoms with E-state index in [0.29, 0.717) is 18.4 Å². The minimum atomic E-state index is 0.161. The summed E-state index contributed by atoms with van der Waals surface area (Å²) < 4.78 is 0. The maximum atomic E-state index is 12.6. The lowest BCUT2D eigenvalue weighted by Gasteiger charge is -2.31. The first-order valence-electron chi connectivity index (χ1n) is 8.57. The molecule has 3 heteroatoms. The van der Waals surface area contributed by atoms with Crippen molar-refractivity contribution < 1.29 is 4.79 Å². The van der Waals surface area contributed by atoms with Crippen LogP contribution in [0.2, 0.25) is 0 Å². The zero-order valence-corrected chi connectivity index (χ0v) is 13.4. The molecule has 0 bridgehead atoms. The van der Waals surface area contributed by atoms with Crippen molar-refractivity contribution in [3.8, 4) is 0 Å². The molecule has 1 aliphatic carbocycles. The molecule has 1 heterocycles. The molecule has 0 aromatic carbocycles. The molecular formula is C17H32N2O. The number of nitrogens with zero attached hydrogens (tertiary/aromatic N) is 1. The van der Waals surface area contributed by atoms with Crippen LogP contribution in [0.3, 0.4) is 0 Å². The van der Waals surface area contributed by atoms with Crippen LogP contribution < -0.4 is 5.73 Å². The summed E-state index contributed by atoms with van der Waals surface area (Å²) in [6, 6.07) is 0. The van der Waals surface area contributed by atoms with Gasteiger partial charge in [0.15, 0.2) is 0 Å². The van der Waals surface area contributed by atoms with Gasteiger partial charge in [-0.15, -0.1) is 0 Å². The molecule has 116 valence electrons. The highest BCUT2D eigenvalue weighted by atomic mass is 16.2. The normalized spacial score (nSPS) is 34.5. The number of carbonyl (C=O) groups is 1. The Morgan fingerprint density at radius 2 is 2.00 bits per heavy atom. The van der Waals surface area contributed by atoms with Gasteiger partial charge in [0, 0.05) is 19.0 Å². The lowest BCUT2D eigenvalue weighted by Crippen LogP contribution is -2.38. The van der Waals surface area contributed by atoms with E-state index in [9.17, 15) is 4.79 Å². The lowest BCUT2D eigenvalue weighted by atomic mass is 9.79.